The van der Waals surface area contributed by atoms with E-state index in [4.69, 9.17) is 0 Å². The van der Waals surface area contributed by atoms with Gasteiger partial charge in [0.15, 0.2) is 0 Å². The standard InChI is InChI=1S/C4H8N2O.C4H8.C4H6/c1-6-3-2-5-4(6)7;2*1-3-4-2/h2-3H2,1H3,(H,5,7);3-4H,1-2H3;3-4H,1-2H2/b;4-3-;. The quantitative estimate of drug-likeness (QED) is 0.523. The SMILES string of the molecule is C/C=C\C.C=CC=C.CN1CCNC1=O. The Labute approximate surface area is 93.2 Å². The van der Waals surface area contributed by atoms with Gasteiger partial charge in [0, 0.05) is 20.1 Å². The van der Waals surface area contributed by atoms with E-state index in [9.17, 15) is 4.79 Å². The third-order valence-corrected chi connectivity index (χ3v) is 1.57. The highest BCUT2D eigenvalue weighted by atomic mass is 16.2. The molecule has 1 rings (SSSR count). The molecular weight excluding hydrogens is 188 g/mol. The molecule has 1 aliphatic heterocycles. The fourth-order valence-electron chi connectivity index (χ4n) is 0.567. The minimum absolute atomic E-state index is 0.0417. The van der Waals surface area contributed by atoms with E-state index in [1.807, 2.05) is 26.0 Å². The van der Waals surface area contributed by atoms with E-state index in [1.54, 1.807) is 24.1 Å². The predicted octanol–water partition coefficient (Wildman–Crippen LogP) is 2.58. The lowest BCUT2D eigenvalue weighted by Gasteiger charge is -2.01. The fourth-order valence-corrected chi connectivity index (χ4v) is 0.567. The van der Waals surface area contributed by atoms with Crippen LogP contribution in [0.25, 0.3) is 0 Å². The van der Waals surface area contributed by atoms with Crippen molar-refractivity contribution in [3.63, 3.8) is 0 Å². The van der Waals surface area contributed by atoms with Crippen LogP contribution in [0.1, 0.15) is 13.8 Å². The Kier molecular flexibility index (Phi) is 13.3. The van der Waals surface area contributed by atoms with Crippen molar-refractivity contribution >= 4 is 6.03 Å². The maximum absolute atomic E-state index is 10.4. The molecule has 86 valence electrons. The van der Waals surface area contributed by atoms with Gasteiger partial charge in [-0.15, -0.1) is 0 Å². The summed E-state index contributed by atoms with van der Waals surface area (Å²) in [6.07, 6.45) is 7.28. The minimum Gasteiger partial charge on any atom is -0.336 e. The highest BCUT2D eigenvalue weighted by molar-refractivity contribution is 5.75. The highest BCUT2D eigenvalue weighted by Gasteiger charge is 2.12. The van der Waals surface area contributed by atoms with Crippen LogP contribution in [0, 0.1) is 0 Å². The van der Waals surface area contributed by atoms with Gasteiger partial charge in [0.1, 0.15) is 0 Å². The number of carbonyl (C=O) groups excluding carboxylic acids is 1. The van der Waals surface area contributed by atoms with E-state index in [0.29, 0.717) is 0 Å². The molecule has 0 aliphatic carbocycles. The summed E-state index contributed by atoms with van der Waals surface area (Å²) in [7, 11) is 1.78. The van der Waals surface area contributed by atoms with Crippen molar-refractivity contribution in [1.29, 1.82) is 0 Å². The molecule has 0 aromatic heterocycles. The lowest BCUT2D eigenvalue weighted by Crippen LogP contribution is -2.23. The summed E-state index contributed by atoms with van der Waals surface area (Å²) in [4.78, 5) is 12.0. The number of urea groups is 1. The van der Waals surface area contributed by atoms with Gasteiger partial charge >= 0.3 is 6.03 Å². The highest BCUT2D eigenvalue weighted by Crippen LogP contribution is 1.88. The third-order valence-electron chi connectivity index (χ3n) is 1.57. The van der Waals surface area contributed by atoms with Gasteiger partial charge in [0.2, 0.25) is 0 Å². The molecule has 3 heteroatoms. The minimum atomic E-state index is 0.0417. The Hall–Kier alpha value is -1.51. The Morgan fingerprint density at radius 3 is 1.80 bits per heavy atom. The van der Waals surface area contributed by atoms with E-state index in [-0.39, 0.29) is 6.03 Å². The summed E-state index contributed by atoms with van der Waals surface area (Å²) in [6.45, 7) is 12.4. The van der Waals surface area contributed by atoms with Gasteiger partial charge in [-0.05, 0) is 13.8 Å². The van der Waals surface area contributed by atoms with Gasteiger partial charge in [-0.2, -0.15) is 0 Å². The first-order valence-corrected chi connectivity index (χ1v) is 4.93. The molecule has 0 aromatic carbocycles. The zero-order valence-electron chi connectivity index (χ0n) is 9.99. The number of allylic oxidation sites excluding steroid dienone is 4. The molecule has 0 bridgehead atoms. The van der Waals surface area contributed by atoms with E-state index >= 15 is 0 Å². The molecule has 0 spiro atoms. The molecule has 0 radical (unpaired) electrons. The first kappa shape index (κ1) is 15.9. The van der Waals surface area contributed by atoms with Crippen molar-refractivity contribution in [1.82, 2.24) is 10.2 Å². The molecule has 1 N–H and O–H groups in total. The molecule has 1 fully saturated rings. The van der Waals surface area contributed by atoms with Crippen molar-refractivity contribution in [2.24, 2.45) is 0 Å². The monoisotopic (exact) mass is 210 g/mol. The number of carbonyl (C=O) groups is 1. The first-order valence-electron chi connectivity index (χ1n) is 4.93. The molecule has 0 unspecified atom stereocenters. The zero-order chi connectivity index (χ0) is 12.1. The van der Waals surface area contributed by atoms with Crippen LogP contribution >= 0.6 is 0 Å². The molecule has 0 aromatic rings. The fraction of sp³-hybridized carbons (Fsp3) is 0.417. The van der Waals surface area contributed by atoms with Crippen LogP contribution in [0.3, 0.4) is 0 Å². The predicted molar refractivity (Wildman–Crippen MR) is 66.9 cm³/mol. The van der Waals surface area contributed by atoms with Crippen molar-refractivity contribution in [2.45, 2.75) is 13.8 Å². The summed E-state index contributed by atoms with van der Waals surface area (Å²) < 4.78 is 0. The Morgan fingerprint density at radius 2 is 1.73 bits per heavy atom. The molecule has 0 saturated carbocycles. The summed E-state index contributed by atoms with van der Waals surface area (Å²) in [6, 6.07) is 0.0417. The molecule has 15 heavy (non-hydrogen) atoms. The Balaban J connectivity index is 0. The van der Waals surface area contributed by atoms with Crippen LogP contribution in [-0.4, -0.2) is 31.1 Å². The van der Waals surface area contributed by atoms with Gasteiger partial charge in [-0.3, -0.25) is 0 Å². The van der Waals surface area contributed by atoms with E-state index < -0.39 is 0 Å². The smallest absolute Gasteiger partial charge is 0.317 e. The normalized spacial score (nSPS) is 13.3. The summed E-state index contributed by atoms with van der Waals surface area (Å²) >= 11 is 0. The molecule has 1 saturated heterocycles. The van der Waals surface area contributed by atoms with Crippen LogP contribution in [-0.2, 0) is 0 Å². The number of hydrogen-bond acceptors (Lipinski definition) is 1. The first-order chi connectivity index (χ1) is 7.13. The summed E-state index contributed by atoms with van der Waals surface area (Å²) in [5.41, 5.74) is 0. The van der Waals surface area contributed by atoms with Crippen molar-refractivity contribution < 1.29 is 4.79 Å². The van der Waals surface area contributed by atoms with E-state index in [2.05, 4.69) is 18.5 Å². The van der Waals surface area contributed by atoms with Gasteiger partial charge in [0.25, 0.3) is 0 Å². The zero-order valence-corrected chi connectivity index (χ0v) is 9.99. The van der Waals surface area contributed by atoms with Crippen molar-refractivity contribution in [3.05, 3.63) is 37.5 Å². The molecule has 1 heterocycles. The van der Waals surface area contributed by atoms with Gasteiger partial charge in [-0.1, -0.05) is 37.5 Å². The summed E-state index contributed by atoms with van der Waals surface area (Å²) in [5.74, 6) is 0. The second-order valence-electron chi connectivity index (χ2n) is 2.79. The number of nitrogens with zero attached hydrogens (tertiary/aromatic N) is 1. The molecule has 3 nitrogen and oxygen atoms in total. The van der Waals surface area contributed by atoms with Crippen molar-refractivity contribution in [2.75, 3.05) is 20.1 Å². The maximum atomic E-state index is 10.4. The van der Waals surface area contributed by atoms with E-state index in [1.165, 1.54) is 0 Å². The molecular formula is C12H22N2O. The average Bonchev–Trinajstić information content (AvgIpc) is 2.64. The van der Waals surface area contributed by atoms with Crippen LogP contribution < -0.4 is 5.32 Å². The van der Waals surface area contributed by atoms with E-state index in [0.717, 1.165) is 13.1 Å². The summed E-state index contributed by atoms with van der Waals surface area (Å²) in [5, 5.41) is 2.66. The second-order valence-corrected chi connectivity index (χ2v) is 2.79. The lowest BCUT2D eigenvalue weighted by molar-refractivity contribution is 0.226. The topological polar surface area (TPSA) is 32.3 Å². The number of likely N-dealkylation sites (N-methyl/N-ethyl adjacent to an activating group) is 1. The largest absolute Gasteiger partial charge is 0.336 e. The lowest BCUT2D eigenvalue weighted by atomic mass is 10.6. The number of nitrogens with one attached hydrogen (secondary N) is 1. The molecule has 1 aliphatic rings. The number of rotatable bonds is 1. The maximum Gasteiger partial charge on any atom is 0.317 e. The Morgan fingerprint density at radius 1 is 1.27 bits per heavy atom. The molecule has 0 atom stereocenters. The number of amides is 2. The van der Waals surface area contributed by atoms with Gasteiger partial charge < -0.3 is 10.2 Å². The van der Waals surface area contributed by atoms with Crippen LogP contribution in [0.4, 0.5) is 4.79 Å². The Bertz CT molecular complexity index is 200. The van der Waals surface area contributed by atoms with Crippen LogP contribution in [0.2, 0.25) is 0 Å². The van der Waals surface area contributed by atoms with Crippen LogP contribution in [0.5, 0.6) is 0 Å². The third kappa shape index (κ3) is 12.5. The number of hydrogen-bond donors (Lipinski definition) is 1. The molecule has 2 amide bonds. The van der Waals surface area contributed by atoms with Gasteiger partial charge in [0.05, 0.1) is 0 Å². The second kappa shape index (κ2) is 12.5. The van der Waals surface area contributed by atoms with Crippen molar-refractivity contribution in [3.8, 4) is 0 Å². The van der Waals surface area contributed by atoms with Gasteiger partial charge in [-0.25, -0.2) is 4.79 Å². The van der Waals surface area contributed by atoms with Crippen LogP contribution in [0.15, 0.2) is 37.5 Å². The average molecular weight is 210 g/mol.